The molecule has 1 amide bonds. The summed E-state index contributed by atoms with van der Waals surface area (Å²) >= 11 is 1.66. The largest absolute Gasteiger partial charge is 0.337 e. The fourth-order valence-corrected chi connectivity index (χ4v) is 1.79. The Morgan fingerprint density at radius 2 is 2.38 bits per heavy atom. The van der Waals surface area contributed by atoms with Gasteiger partial charge in [-0.05, 0) is 18.4 Å². The molecule has 1 rings (SSSR count). The summed E-state index contributed by atoms with van der Waals surface area (Å²) in [6, 6.07) is 4.01. The highest BCUT2D eigenvalue weighted by Crippen LogP contribution is 2.11. The van der Waals surface area contributed by atoms with Crippen molar-refractivity contribution in [2.24, 2.45) is 0 Å². The zero-order valence-corrected chi connectivity index (χ0v) is 8.73. The van der Waals surface area contributed by atoms with Crippen LogP contribution in [-0.4, -0.2) is 17.9 Å². The normalized spacial score (nSPS) is 9.69. The topological polar surface area (TPSA) is 20.3 Å². The Labute approximate surface area is 82.5 Å². The second-order valence-electron chi connectivity index (χ2n) is 3.02. The molecule has 0 saturated carbocycles. The summed E-state index contributed by atoms with van der Waals surface area (Å²) in [7, 11) is 1.79. The lowest BCUT2D eigenvalue weighted by Crippen LogP contribution is -2.25. The highest BCUT2D eigenvalue weighted by atomic mass is 32.1. The lowest BCUT2D eigenvalue weighted by Gasteiger charge is -2.15. The number of hydrogen-bond acceptors (Lipinski definition) is 2. The molecule has 0 saturated heterocycles. The maximum atomic E-state index is 11.4. The minimum Gasteiger partial charge on any atom is -0.337 e. The molecule has 1 aromatic heterocycles. The second-order valence-corrected chi connectivity index (χ2v) is 4.05. The van der Waals surface area contributed by atoms with Crippen molar-refractivity contribution in [2.45, 2.75) is 13.5 Å². The van der Waals surface area contributed by atoms with Gasteiger partial charge >= 0.3 is 0 Å². The fourth-order valence-electron chi connectivity index (χ4n) is 1.03. The summed E-state index contributed by atoms with van der Waals surface area (Å²) in [4.78, 5) is 14.3. The first-order valence-corrected chi connectivity index (χ1v) is 4.92. The van der Waals surface area contributed by atoms with E-state index in [0.717, 1.165) is 0 Å². The van der Waals surface area contributed by atoms with Gasteiger partial charge in [0.25, 0.3) is 0 Å². The minimum absolute atomic E-state index is 0.00778. The fraction of sp³-hybridized carbons (Fsp3) is 0.300. The molecule has 70 valence electrons. The van der Waals surface area contributed by atoms with E-state index in [2.05, 4.69) is 6.58 Å². The van der Waals surface area contributed by atoms with Gasteiger partial charge in [0.2, 0.25) is 5.91 Å². The smallest absolute Gasteiger partial charge is 0.248 e. The highest BCUT2D eigenvalue weighted by molar-refractivity contribution is 7.09. The molecule has 0 aromatic carbocycles. The molecule has 13 heavy (non-hydrogen) atoms. The molecule has 0 unspecified atom stereocenters. The van der Waals surface area contributed by atoms with Gasteiger partial charge < -0.3 is 4.90 Å². The van der Waals surface area contributed by atoms with Crippen molar-refractivity contribution in [1.29, 1.82) is 0 Å². The summed E-state index contributed by atoms with van der Waals surface area (Å²) < 4.78 is 0. The number of carbonyl (C=O) groups is 1. The van der Waals surface area contributed by atoms with Gasteiger partial charge in [-0.25, -0.2) is 0 Å². The lowest BCUT2D eigenvalue weighted by molar-refractivity contribution is -0.126. The van der Waals surface area contributed by atoms with Crippen molar-refractivity contribution in [1.82, 2.24) is 4.90 Å². The molecular weight excluding hydrogens is 182 g/mol. The minimum atomic E-state index is 0.00778. The first-order chi connectivity index (χ1) is 6.11. The van der Waals surface area contributed by atoms with Crippen LogP contribution in [0.5, 0.6) is 0 Å². The summed E-state index contributed by atoms with van der Waals surface area (Å²) in [6.45, 7) is 6.02. The Hall–Kier alpha value is -1.09. The predicted molar refractivity (Wildman–Crippen MR) is 55.6 cm³/mol. The van der Waals surface area contributed by atoms with Crippen molar-refractivity contribution in [2.75, 3.05) is 7.05 Å². The monoisotopic (exact) mass is 195 g/mol. The van der Waals surface area contributed by atoms with Crippen LogP contribution in [0.1, 0.15) is 11.8 Å². The van der Waals surface area contributed by atoms with Gasteiger partial charge in [0, 0.05) is 17.5 Å². The van der Waals surface area contributed by atoms with Gasteiger partial charge in [0.15, 0.2) is 0 Å². The quantitative estimate of drug-likeness (QED) is 0.678. The SMILES string of the molecule is C=C(C)C(=O)N(C)Cc1cccs1. The van der Waals surface area contributed by atoms with Crippen molar-refractivity contribution in [3.8, 4) is 0 Å². The van der Waals surface area contributed by atoms with Crippen LogP contribution < -0.4 is 0 Å². The van der Waals surface area contributed by atoms with Gasteiger partial charge in [0.1, 0.15) is 0 Å². The van der Waals surface area contributed by atoms with Gasteiger partial charge in [-0.2, -0.15) is 0 Å². The van der Waals surface area contributed by atoms with Crippen LogP contribution in [0.2, 0.25) is 0 Å². The van der Waals surface area contributed by atoms with E-state index in [1.807, 2.05) is 17.5 Å². The molecule has 0 aliphatic heterocycles. The van der Waals surface area contributed by atoms with Crippen LogP contribution in [0.3, 0.4) is 0 Å². The maximum absolute atomic E-state index is 11.4. The molecule has 1 heterocycles. The molecule has 0 radical (unpaired) electrons. The number of amides is 1. The zero-order chi connectivity index (χ0) is 9.84. The Morgan fingerprint density at radius 1 is 1.69 bits per heavy atom. The summed E-state index contributed by atoms with van der Waals surface area (Å²) in [5, 5.41) is 2.01. The Kier molecular flexibility index (Phi) is 3.25. The Morgan fingerprint density at radius 3 is 2.85 bits per heavy atom. The molecular formula is C10H13NOS. The number of hydrogen-bond donors (Lipinski definition) is 0. The zero-order valence-electron chi connectivity index (χ0n) is 7.91. The van der Waals surface area contributed by atoms with E-state index in [0.29, 0.717) is 12.1 Å². The Bertz CT molecular complexity index is 303. The first-order valence-electron chi connectivity index (χ1n) is 4.04. The van der Waals surface area contributed by atoms with Gasteiger partial charge in [-0.3, -0.25) is 4.79 Å². The van der Waals surface area contributed by atoms with Crippen molar-refractivity contribution in [3.63, 3.8) is 0 Å². The standard InChI is InChI=1S/C10H13NOS/c1-8(2)10(12)11(3)7-9-5-4-6-13-9/h4-6H,1,7H2,2-3H3. The third-order valence-corrected chi connectivity index (χ3v) is 2.55. The lowest BCUT2D eigenvalue weighted by atomic mass is 10.3. The number of rotatable bonds is 3. The van der Waals surface area contributed by atoms with E-state index < -0.39 is 0 Å². The molecule has 0 aliphatic rings. The summed E-state index contributed by atoms with van der Waals surface area (Å²) in [6.07, 6.45) is 0. The van der Waals surface area contributed by atoms with Crippen LogP contribution in [-0.2, 0) is 11.3 Å². The number of nitrogens with zero attached hydrogens (tertiary/aromatic N) is 1. The van der Waals surface area contributed by atoms with Crippen LogP contribution >= 0.6 is 11.3 Å². The van der Waals surface area contributed by atoms with Crippen molar-refractivity contribution >= 4 is 17.2 Å². The van der Waals surface area contributed by atoms with Crippen molar-refractivity contribution in [3.05, 3.63) is 34.5 Å². The molecule has 0 fully saturated rings. The van der Waals surface area contributed by atoms with Crippen LogP contribution in [0.25, 0.3) is 0 Å². The van der Waals surface area contributed by atoms with Gasteiger partial charge in [-0.1, -0.05) is 12.6 Å². The van der Waals surface area contributed by atoms with Crippen LogP contribution in [0, 0.1) is 0 Å². The van der Waals surface area contributed by atoms with Crippen molar-refractivity contribution < 1.29 is 4.79 Å². The van der Waals surface area contributed by atoms with E-state index >= 15 is 0 Å². The molecule has 0 N–H and O–H groups in total. The average Bonchev–Trinajstić information content (AvgIpc) is 2.55. The molecule has 1 aromatic rings. The summed E-state index contributed by atoms with van der Waals surface area (Å²) in [5.74, 6) is 0.00778. The molecule has 0 bridgehead atoms. The average molecular weight is 195 g/mol. The first kappa shape index (κ1) is 9.99. The predicted octanol–water partition coefficient (Wildman–Crippen LogP) is 2.28. The Balaban J connectivity index is 2.55. The van der Waals surface area contributed by atoms with Gasteiger partial charge in [0.05, 0.1) is 6.54 Å². The van der Waals surface area contributed by atoms with E-state index in [9.17, 15) is 4.79 Å². The van der Waals surface area contributed by atoms with Gasteiger partial charge in [-0.15, -0.1) is 11.3 Å². The van der Waals surface area contributed by atoms with E-state index in [1.165, 1.54) is 4.88 Å². The van der Waals surface area contributed by atoms with E-state index in [1.54, 1.807) is 30.2 Å². The van der Waals surface area contributed by atoms with E-state index in [-0.39, 0.29) is 5.91 Å². The number of carbonyl (C=O) groups excluding carboxylic acids is 1. The molecule has 0 spiro atoms. The third-order valence-electron chi connectivity index (χ3n) is 1.68. The van der Waals surface area contributed by atoms with Crippen LogP contribution in [0.4, 0.5) is 0 Å². The second kappa shape index (κ2) is 4.23. The third kappa shape index (κ3) is 2.70. The number of likely N-dealkylation sites (N-methyl/N-ethyl adjacent to an activating group) is 1. The maximum Gasteiger partial charge on any atom is 0.248 e. The molecule has 3 heteroatoms. The molecule has 0 atom stereocenters. The molecule has 2 nitrogen and oxygen atoms in total. The van der Waals surface area contributed by atoms with E-state index in [4.69, 9.17) is 0 Å². The summed E-state index contributed by atoms with van der Waals surface area (Å²) in [5.41, 5.74) is 0.582. The number of thiophene rings is 1. The highest BCUT2D eigenvalue weighted by Gasteiger charge is 2.09. The van der Waals surface area contributed by atoms with Crippen LogP contribution in [0.15, 0.2) is 29.7 Å². The molecule has 0 aliphatic carbocycles.